The first-order valence-electron chi connectivity index (χ1n) is 6.13. The van der Waals surface area contributed by atoms with Gasteiger partial charge in [-0.1, -0.05) is 30.3 Å². The molecule has 104 valence electrons. The third kappa shape index (κ3) is 5.07. The Morgan fingerprint density at radius 2 is 2.00 bits per heavy atom. The summed E-state index contributed by atoms with van der Waals surface area (Å²) in [5, 5.41) is 0. The van der Waals surface area contributed by atoms with Crippen LogP contribution in [0.3, 0.4) is 0 Å². The van der Waals surface area contributed by atoms with Gasteiger partial charge in [0.1, 0.15) is 6.61 Å². The molecule has 2 rings (SSSR count). The summed E-state index contributed by atoms with van der Waals surface area (Å²) in [6, 6.07) is 9.54. The number of carbonyl (C=O) groups excluding carboxylic acids is 2. The number of benzene rings is 1. The molecule has 1 heterocycles. The van der Waals surface area contributed by atoms with Gasteiger partial charge >= 0.3 is 6.09 Å². The van der Waals surface area contributed by atoms with E-state index in [1.165, 1.54) is 13.8 Å². The van der Waals surface area contributed by atoms with Crippen molar-refractivity contribution in [2.75, 3.05) is 6.61 Å². The van der Waals surface area contributed by atoms with Crippen LogP contribution in [0.1, 0.15) is 19.4 Å². The van der Waals surface area contributed by atoms with Gasteiger partial charge in [-0.25, -0.2) is 14.1 Å². The van der Waals surface area contributed by atoms with E-state index in [1.54, 1.807) is 0 Å². The van der Waals surface area contributed by atoms with E-state index in [0.29, 0.717) is 12.8 Å². The lowest BCUT2D eigenvalue weighted by molar-refractivity contribution is -0.116. The van der Waals surface area contributed by atoms with E-state index >= 15 is 0 Å². The lowest BCUT2D eigenvalue weighted by Crippen LogP contribution is -2.33. The Morgan fingerprint density at radius 3 is 2.53 bits per heavy atom. The molecule has 1 aliphatic heterocycles. The van der Waals surface area contributed by atoms with Crippen LogP contribution >= 0.6 is 0 Å². The number of hydrogen-bond donors (Lipinski definition) is 0. The molecule has 0 radical (unpaired) electrons. The Kier molecular flexibility index (Phi) is 5.99. The second kappa shape index (κ2) is 7.51. The van der Waals surface area contributed by atoms with Crippen molar-refractivity contribution in [1.82, 2.24) is 4.90 Å². The molecule has 19 heavy (non-hydrogen) atoms. The molecule has 0 saturated carbocycles. The highest BCUT2D eigenvalue weighted by Gasteiger charge is 2.32. The summed E-state index contributed by atoms with van der Waals surface area (Å²) in [7, 11) is 0. The van der Waals surface area contributed by atoms with Crippen LogP contribution in [-0.4, -0.2) is 36.2 Å². The molecule has 0 aliphatic carbocycles. The minimum atomic E-state index is -0.667. The van der Waals surface area contributed by atoms with Gasteiger partial charge in [-0.2, -0.15) is 0 Å². The third-order valence-corrected chi connectivity index (χ3v) is 2.43. The van der Waals surface area contributed by atoms with E-state index in [2.05, 4.69) is 0 Å². The monoisotopic (exact) mass is 267 g/mol. The van der Waals surface area contributed by atoms with Crippen molar-refractivity contribution in [2.45, 2.75) is 32.5 Å². The lowest BCUT2D eigenvalue weighted by Gasteiger charge is -2.13. The topological polar surface area (TPSA) is 46.6 Å². The Hall–Kier alpha value is -1.91. The average molecular weight is 267 g/mol. The molecule has 0 bridgehead atoms. The minimum absolute atomic E-state index is 0.169. The zero-order chi connectivity index (χ0) is 14.3. The molecular weight excluding hydrogens is 249 g/mol. The molecule has 1 unspecified atom stereocenters. The van der Waals surface area contributed by atoms with Crippen molar-refractivity contribution in [1.29, 1.82) is 0 Å². The van der Waals surface area contributed by atoms with Crippen molar-refractivity contribution in [3.8, 4) is 0 Å². The van der Waals surface area contributed by atoms with Crippen molar-refractivity contribution >= 4 is 12.5 Å². The Labute approximate surface area is 112 Å². The summed E-state index contributed by atoms with van der Waals surface area (Å²) in [4.78, 5) is 22.8. The molecule has 5 heteroatoms. The van der Waals surface area contributed by atoms with Crippen LogP contribution in [0.15, 0.2) is 30.3 Å². The predicted octanol–water partition coefficient (Wildman–Crippen LogP) is 2.57. The zero-order valence-corrected chi connectivity index (χ0v) is 11.1. The number of halogens is 1. The van der Waals surface area contributed by atoms with Crippen LogP contribution in [0.25, 0.3) is 0 Å². The predicted molar refractivity (Wildman–Crippen MR) is 69.4 cm³/mol. The first kappa shape index (κ1) is 15.1. The molecule has 1 aromatic carbocycles. The quantitative estimate of drug-likeness (QED) is 0.791. The van der Waals surface area contributed by atoms with Gasteiger partial charge in [0.15, 0.2) is 0 Å². The van der Waals surface area contributed by atoms with Gasteiger partial charge < -0.3 is 4.74 Å². The van der Waals surface area contributed by atoms with Crippen LogP contribution in [0.5, 0.6) is 0 Å². The summed E-state index contributed by atoms with van der Waals surface area (Å²) < 4.78 is 15.8. The van der Waals surface area contributed by atoms with Gasteiger partial charge in [-0.3, -0.25) is 4.79 Å². The number of carbonyl (C=O) groups is 2. The summed E-state index contributed by atoms with van der Waals surface area (Å²) in [5.41, 5.74) is 1.09. The second-order valence-corrected chi connectivity index (χ2v) is 4.45. The number of imide groups is 1. The van der Waals surface area contributed by atoms with Crippen molar-refractivity contribution in [3.05, 3.63) is 35.9 Å². The zero-order valence-electron chi connectivity index (χ0n) is 11.1. The van der Waals surface area contributed by atoms with Gasteiger partial charge in [0.2, 0.25) is 6.41 Å². The fourth-order valence-electron chi connectivity index (χ4n) is 1.64. The SMILES string of the molecule is CC(C)F.O=CN1C(=O)OCC1Cc1ccccc1. The fraction of sp³-hybridized carbons (Fsp3) is 0.429. The van der Waals surface area contributed by atoms with Crippen molar-refractivity contribution < 1.29 is 18.7 Å². The summed E-state index contributed by atoms with van der Waals surface area (Å²) in [5.74, 6) is 0. The normalized spacial score (nSPS) is 17.8. The number of alkyl halides is 1. The van der Waals surface area contributed by atoms with E-state index in [9.17, 15) is 14.0 Å². The molecule has 1 fully saturated rings. The van der Waals surface area contributed by atoms with Gasteiger partial charge in [-0.15, -0.1) is 0 Å². The number of hydrogen-bond acceptors (Lipinski definition) is 3. The van der Waals surface area contributed by atoms with E-state index < -0.39 is 12.3 Å². The molecular formula is C14H18FNO3. The standard InChI is InChI=1S/C11H11NO3.C3H7F/c13-8-12-10(7-15-11(12)14)6-9-4-2-1-3-5-9;1-3(2)4/h1-5,8,10H,6-7H2;3H,1-2H3. The highest BCUT2D eigenvalue weighted by atomic mass is 19.1. The number of nitrogens with zero attached hydrogens (tertiary/aromatic N) is 1. The maximum Gasteiger partial charge on any atom is 0.416 e. The number of rotatable bonds is 3. The maximum absolute atomic E-state index is 11.1. The highest BCUT2D eigenvalue weighted by Crippen LogP contribution is 2.14. The Bertz CT molecular complexity index is 406. The van der Waals surface area contributed by atoms with Gasteiger partial charge in [0, 0.05) is 0 Å². The maximum atomic E-state index is 11.1. The highest BCUT2D eigenvalue weighted by molar-refractivity contribution is 5.82. The molecule has 0 spiro atoms. The number of amides is 2. The summed E-state index contributed by atoms with van der Waals surface area (Å²) in [6.45, 7) is 3.28. The van der Waals surface area contributed by atoms with Gasteiger partial charge in [-0.05, 0) is 25.8 Å². The Balaban J connectivity index is 0.000000399. The van der Waals surface area contributed by atoms with Crippen LogP contribution in [0.2, 0.25) is 0 Å². The molecule has 0 aromatic heterocycles. The Morgan fingerprint density at radius 1 is 1.42 bits per heavy atom. The van der Waals surface area contributed by atoms with Crippen LogP contribution in [0.4, 0.5) is 9.18 Å². The summed E-state index contributed by atoms with van der Waals surface area (Å²) in [6.07, 6.45) is -0.0419. The third-order valence-electron chi connectivity index (χ3n) is 2.43. The van der Waals surface area contributed by atoms with Crippen LogP contribution in [-0.2, 0) is 16.0 Å². The molecule has 2 amide bonds. The first-order valence-corrected chi connectivity index (χ1v) is 6.13. The number of cyclic esters (lactones) is 1. The molecule has 1 saturated heterocycles. The largest absolute Gasteiger partial charge is 0.447 e. The summed E-state index contributed by atoms with van der Waals surface area (Å²) >= 11 is 0. The lowest BCUT2D eigenvalue weighted by atomic mass is 10.1. The van der Waals surface area contributed by atoms with Crippen LogP contribution in [0, 0.1) is 0 Å². The minimum Gasteiger partial charge on any atom is -0.447 e. The molecule has 1 aliphatic rings. The molecule has 4 nitrogen and oxygen atoms in total. The van der Waals surface area contributed by atoms with Crippen molar-refractivity contribution in [3.63, 3.8) is 0 Å². The second-order valence-electron chi connectivity index (χ2n) is 4.45. The van der Waals surface area contributed by atoms with Crippen molar-refractivity contribution in [2.24, 2.45) is 0 Å². The van der Waals surface area contributed by atoms with Crippen LogP contribution < -0.4 is 0 Å². The van der Waals surface area contributed by atoms with E-state index in [0.717, 1.165) is 10.5 Å². The van der Waals surface area contributed by atoms with E-state index in [1.807, 2.05) is 30.3 Å². The van der Waals surface area contributed by atoms with E-state index in [-0.39, 0.29) is 12.6 Å². The molecule has 0 N–H and O–H groups in total. The van der Waals surface area contributed by atoms with Gasteiger partial charge in [0.25, 0.3) is 0 Å². The molecule has 1 aromatic rings. The average Bonchev–Trinajstić information content (AvgIpc) is 2.70. The smallest absolute Gasteiger partial charge is 0.416 e. The number of ether oxygens (including phenoxy) is 1. The first-order chi connectivity index (χ1) is 9.04. The molecule has 1 atom stereocenters. The van der Waals surface area contributed by atoms with E-state index in [4.69, 9.17) is 4.74 Å². The van der Waals surface area contributed by atoms with Gasteiger partial charge in [0.05, 0.1) is 12.2 Å². The fourth-order valence-corrected chi connectivity index (χ4v) is 1.64.